The fraction of sp³-hybridized carbons (Fsp3) is 0.0500. The Kier molecular flexibility index (Phi) is 3.39. The minimum atomic E-state index is -1.64. The molecule has 30 heavy (non-hydrogen) atoms. The number of Topliss-reactive ketones (excluding diaryl/α,β-unsaturated/α-hetero) is 1. The van der Waals surface area contributed by atoms with Gasteiger partial charge in [0.2, 0.25) is 0 Å². The van der Waals surface area contributed by atoms with Crippen LogP contribution in [0, 0.1) is 0 Å². The number of hydrogen-bond acceptors (Lipinski definition) is 10. The van der Waals surface area contributed by atoms with Gasteiger partial charge in [0.1, 0.15) is 56.4 Å². The van der Waals surface area contributed by atoms with Crippen LogP contribution in [0.1, 0.15) is 22.0 Å². The van der Waals surface area contributed by atoms with E-state index in [1.165, 1.54) is 0 Å². The first-order chi connectivity index (χ1) is 14.2. The number of phenols is 4. The van der Waals surface area contributed by atoms with E-state index in [0.717, 1.165) is 30.3 Å². The van der Waals surface area contributed by atoms with Gasteiger partial charge in [0.25, 0.3) is 0 Å². The van der Waals surface area contributed by atoms with Crippen molar-refractivity contribution in [3.8, 4) is 28.7 Å². The Hall–Kier alpha value is -4.47. The van der Waals surface area contributed by atoms with Crippen molar-refractivity contribution in [2.24, 2.45) is 0 Å². The summed E-state index contributed by atoms with van der Waals surface area (Å²) in [5.74, 6) is -5.95. The zero-order valence-corrected chi connectivity index (χ0v) is 14.7. The van der Waals surface area contributed by atoms with Crippen molar-refractivity contribution in [2.75, 3.05) is 0 Å². The highest BCUT2D eigenvalue weighted by atomic mass is 16.5. The van der Waals surface area contributed by atoms with Crippen LogP contribution in [0.15, 0.2) is 44.0 Å². The number of carbonyl (C=O) groups is 2. The van der Waals surface area contributed by atoms with E-state index in [9.17, 15) is 34.8 Å². The molecule has 1 atom stereocenters. The molecule has 0 spiro atoms. The van der Waals surface area contributed by atoms with Gasteiger partial charge in [0.05, 0.1) is 0 Å². The minimum Gasteiger partial charge on any atom is -0.508 e. The van der Waals surface area contributed by atoms with E-state index in [-0.39, 0.29) is 44.8 Å². The minimum absolute atomic E-state index is 0.0431. The topological polar surface area (TPSA) is 168 Å². The molecule has 4 N–H and O–H groups in total. The second kappa shape index (κ2) is 5.77. The largest absolute Gasteiger partial charge is 0.508 e. The van der Waals surface area contributed by atoms with E-state index < -0.39 is 40.5 Å². The van der Waals surface area contributed by atoms with Crippen molar-refractivity contribution in [3.63, 3.8) is 0 Å². The zero-order chi connectivity index (χ0) is 21.3. The molecule has 4 aromatic rings. The van der Waals surface area contributed by atoms with Gasteiger partial charge in [-0.3, -0.25) is 9.59 Å². The summed E-state index contributed by atoms with van der Waals surface area (Å²) in [4.78, 5) is 37.7. The summed E-state index contributed by atoms with van der Waals surface area (Å²) >= 11 is 0. The summed E-state index contributed by atoms with van der Waals surface area (Å²) in [5, 5.41) is 39.1. The molecule has 0 bridgehead atoms. The lowest BCUT2D eigenvalue weighted by molar-refractivity contribution is -0.135. The molecule has 0 saturated carbocycles. The smallest absolute Gasteiger partial charge is 0.347 e. The number of phenolic OH excluding ortho intramolecular Hbond substituents is 4. The molecule has 150 valence electrons. The number of ketones is 1. The third kappa shape index (κ3) is 2.33. The summed E-state index contributed by atoms with van der Waals surface area (Å²) in [7, 11) is 0. The highest BCUT2D eigenvalue weighted by molar-refractivity contribution is 6.18. The van der Waals surface area contributed by atoms with E-state index in [0.29, 0.717) is 0 Å². The van der Waals surface area contributed by atoms with E-state index in [2.05, 4.69) is 0 Å². The van der Waals surface area contributed by atoms with Crippen molar-refractivity contribution in [3.05, 3.63) is 52.1 Å². The number of hydrogen-bond donors (Lipinski definition) is 4. The molecule has 1 unspecified atom stereocenters. The third-order valence-electron chi connectivity index (χ3n) is 4.77. The maximum Gasteiger partial charge on any atom is 0.347 e. The van der Waals surface area contributed by atoms with Crippen LogP contribution in [0.5, 0.6) is 28.7 Å². The molecule has 2 aromatic heterocycles. The third-order valence-corrected chi connectivity index (χ3v) is 4.77. The lowest BCUT2D eigenvalue weighted by Crippen LogP contribution is -2.31. The molecular formula is C20H10O10. The number of rotatable bonds is 1. The Morgan fingerprint density at radius 2 is 1.50 bits per heavy atom. The van der Waals surface area contributed by atoms with Crippen molar-refractivity contribution in [2.45, 2.75) is 5.92 Å². The summed E-state index contributed by atoms with van der Waals surface area (Å²) in [6.45, 7) is 0. The first kappa shape index (κ1) is 17.6. The molecule has 0 radical (unpaired) electrons. The van der Waals surface area contributed by atoms with Crippen molar-refractivity contribution < 1.29 is 43.6 Å². The van der Waals surface area contributed by atoms with Gasteiger partial charge in [-0.1, -0.05) is 0 Å². The van der Waals surface area contributed by atoms with Crippen LogP contribution in [-0.4, -0.2) is 32.2 Å². The quantitative estimate of drug-likeness (QED) is 0.158. The Labute approximate surface area is 164 Å². The lowest BCUT2D eigenvalue weighted by atomic mass is 9.91. The molecule has 1 aliphatic heterocycles. The van der Waals surface area contributed by atoms with Crippen LogP contribution < -0.4 is 10.4 Å². The van der Waals surface area contributed by atoms with Crippen LogP contribution in [0.4, 0.5) is 0 Å². The van der Waals surface area contributed by atoms with Crippen LogP contribution in [0.25, 0.3) is 21.9 Å². The Morgan fingerprint density at radius 1 is 0.800 bits per heavy atom. The van der Waals surface area contributed by atoms with Gasteiger partial charge in [-0.2, -0.15) is 0 Å². The fourth-order valence-corrected chi connectivity index (χ4v) is 3.52. The highest BCUT2D eigenvalue weighted by Crippen LogP contribution is 2.42. The van der Waals surface area contributed by atoms with Gasteiger partial charge in [0.15, 0.2) is 17.3 Å². The van der Waals surface area contributed by atoms with Crippen LogP contribution in [-0.2, 0) is 4.79 Å². The molecule has 5 rings (SSSR count). The number of aromatic hydroxyl groups is 4. The maximum atomic E-state index is 12.9. The predicted octanol–water partition coefficient (Wildman–Crippen LogP) is 2.25. The molecule has 0 amide bonds. The second-order valence-electron chi connectivity index (χ2n) is 6.68. The Balaban J connectivity index is 1.75. The van der Waals surface area contributed by atoms with Crippen LogP contribution >= 0.6 is 0 Å². The summed E-state index contributed by atoms with van der Waals surface area (Å²) in [5.41, 5.74) is -1.54. The maximum absolute atomic E-state index is 12.9. The van der Waals surface area contributed by atoms with Crippen LogP contribution in [0.3, 0.4) is 0 Å². The molecule has 10 nitrogen and oxygen atoms in total. The number of esters is 1. The van der Waals surface area contributed by atoms with E-state index in [1.54, 1.807) is 0 Å². The predicted molar refractivity (Wildman–Crippen MR) is 98.1 cm³/mol. The van der Waals surface area contributed by atoms with Crippen molar-refractivity contribution >= 4 is 33.7 Å². The molecule has 2 aromatic carbocycles. The second-order valence-corrected chi connectivity index (χ2v) is 6.68. The van der Waals surface area contributed by atoms with Gasteiger partial charge in [-0.25, -0.2) is 4.79 Å². The summed E-state index contributed by atoms with van der Waals surface area (Å²) < 4.78 is 15.7. The normalized spacial score (nSPS) is 16.1. The summed E-state index contributed by atoms with van der Waals surface area (Å²) in [6.07, 6.45) is 0. The number of carbonyl (C=O) groups excluding carboxylic acids is 2. The van der Waals surface area contributed by atoms with Gasteiger partial charge in [0, 0.05) is 24.3 Å². The molecule has 3 heterocycles. The van der Waals surface area contributed by atoms with Crippen molar-refractivity contribution in [1.29, 1.82) is 0 Å². The van der Waals surface area contributed by atoms with E-state index in [1.807, 2.05) is 0 Å². The Bertz CT molecular complexity index is 1470. The number of furan rings is 1. The van der Waals surface area contributed by atoms with E-state index >= 15 is 0 Å². The highest BCUT2D eigenvalue weighted by Gasteiger charge is 2.42. The van der Waals surface area contributed by atoms with Gasteiger partial charge in [-0.15, -0.1) is 0 Å². The number of benzene rings is 2. The Morgan fingerprint density at radius 3 is 2.27 bits per heavy atom. The lowest BCUT2D eigenvalue weighted by Gasteiger charge is -2.21. The number of ether oxygens (including phenoxy) is 1. The molecule has 0 fully saturated rings. The molecule has 1 aliphatic rings. The standard InChI is InChI=1S/C20H10O10/c21-6-1-9(23)14-11(3-6)30-20(27)16(17(14)25)13-5-8-18(28-13)15-10(24)2-7(22)4-12(15)29-19(8)26/h1-5,16,21-24H. The molecule has 0 aliphatic carbocycles. The summed E-state index contributed by atoms with van der Waals surface area (Å²) in [6, 6.07) is 5.13. The van der Waals surface area contributed by atoms with Gasteiger partial charge >= 0.3 is 11.6 Å². The van der Waals surface area contributed by atoms with Gasteiger partial charge < -0.3 is 34.0 Å². The van der Waals surface area contributed by atoms with Crippen LogP contribution in [0.2, 0.25) is 0 Å². The SMILES string of the molecule is O=C1Oc2cc(O)cc(O)c2C(=O)C1c1cc2c(=O)oc3cc(O)cc(O)c3c2o1. The number of fused-ring (bicyclic) bond motifs is 4. The van der Waals surface area contributed by atoms with Crippen molar-refractivity contribution in [1.82, 2.24) is 0 Å². The van der Waals surface area contributed by atoms with Gasteiger partial charge in [-0.05, 0) is 6.07 Å². The van der Waals surface area contributed by atoms with E-state index in [4.69, 9.17) is 13.6 Å². The molecule has 0 saturated heterocycles. The monoisotopic (exact) mass is 410 g/mol. The molecular weight excluding hydrogens is 400 g/mol. The first-order valence-electron chi connectivity index (χ1n) is 8.48. The fourth-order valence-electron chi connectivity index (χ4n) is 3.52. The average Bonchev–Trinajstić information content (AvgIpc) is 3.05. The first-order valence-corrected chi connectivity index (χ1v) is 8.48. The zero-order valence-electron chi connectivity index (χ0n) is 14.7. The average molecular weight is 410 g/mol. The molecule has 10 heteroatoms.